The molecule has 2 aliphatic rings. The molecule has 0 saturated carbocycles. The van der Waals surface area contributed by atoms with Crippen LogP contribution >= 0.6 is 0 Å². The van der Waals surface area contributed by atoms with Crippen LogP contribution in [0.1, 0.15) is 31.7 Å². The third-order valence-corrected chi connectivity index (χ3v) is 4.81. The fraction of sp³-hybridized carbons (Fsp3) is 0.684. The van der Waals surface area contributed by atoms with E-state index in [0.29, 0.717) is 0 Å². The number of hydrogen-bond donors (Lipinski definition) is 0. The summed E-state index contributed by atoms with van der Waals surface area (Å²) in [5.74, 6) is 1.07. The lowest BCUT2D eigenvalue weighted by atomic mass is 10.1. The van der Waals surface area contributed by atoms with Crippen molar-refractivity contribution in [2.45, 2.75) is 32.6 Å². The molecular weight excluding hydrogens is 288 g/mol. The van der Waals surface area contributed by atoms with Gasteiger partial charge in [-0.2, -0.15) is 0 Å². The van der Waals surface area contributed by atoms with Crippen molar-refractivity contribution in [3.05, 3.63) is 23.8 Å². The van der Waals surface area contributed by atoms with Gasteiger partial charge in [0.2, 0.25) is 0 Å². The van der Waals surface area contributed by atoms with Crippen molar-refractivity contribution in [2.75, 3.05) is 57.4 Å². The van der Waals surface area contributed by atoms with E-state index in [4.69, 9.17) is 9.47 Å². The number of anilines is 1. The highest BCUT2D eigenvalue weighted by atomic mass is 16.5. The van der Waals surface area contributed by atoms with Crippen LogP contribution in [0, 0.1) is 0 Å². The Hall–Kier alpha value is -1.26. The first-order chi connectivity index (χ1) is 11.4. The monoisotopic (exact) mass is 318 g/mol. The summed E-state index contributed by atoms with van der Waals surface area (Å²) in [7, 11) is 0. The van der Waals surface area contributed by atoms with Gasteiger partial charge in [-0.1, -0.05) is 6.07 Å². The van der Waals surface area contributed by atoms with E-state index in [9.17, 15) is 0 Å². The maximum Gasteiger partial charge on any atom is 0.142 e. The molecule has 4 nitrogen and oxygen atoms in total. The summed E-state index contributed by atoms with van der Waals surface area (Å²) in [6, 6.07) is 6.81. The van der Waals surface area contributed by atoms with Crippen molar-refractivity contribution in [2.24, 2.45) is 0 Å². The first kappa shape index (κ1) is 16.6. The molecule has 4 heteroatoms. The topological polar surface area (TPSA) is 24.9 Å². The Labute approximate surface area is 140 Å². The Morgan fingerprint density at radius 2 is 1.87 bits per heavy atom. The van der Waals surface area contributed by atoms with Crippen LogP contribution in [-0.4, -0.2) is 57.4 Å². The molecule has 2 fully saturated rings. The average Bonchev–Trinajstić information content (AvgIpc) is 3.11. The third-order valence-electron chi connectivity index (χ3n) is 4.81. The molecule has 1 aromatic carbocycles. The molecule has 0 atom stereocenters. The van der Waals surface area contributed by atoms with Gasteiger partial charge < -0.3 is 14.4 Å². The number of rotatable bonds is 7. The lowest BCUT2D eigenvalue weighted by molar-refractivity contribution is 0.0374. The van der Waals surface area contributed by atoms with Gasteiger partial charge in [0, 0.05) is 26.2 Å². The van der Waals surface area contributed by atoms with Gasteiger partial charge in [0.15, 0.2) is 0 Å². The zero-order valence-electron chi connectivity index (χ0n) is 14.4. The molecule has 1 aromatic rings. The summed E-state index contributed by atoms with van der Waals surface area (Å²) in [5, 5.41) is 0. The Kier molecular flexibility index (Phi) is 6.17. The van der Waals surface area contributed by atoms with Crippen molar-refractivity contribution < 1.29 is 9.47 Å². The molecule has 2 aliphatic heterocycles. The number of hydrogen-bond acceptors (Lipinski definition) is 4. The molecule has 0 aliphatic carbocycles. The average molecular weight is 318 g/mol. The van der Waals surface area contributed by atoms with E-state index in [2.05, 4.69) is 34.9 Å². The lowest BCUT2D eigenvalue weighted by Gasteiger charge is -2.26. The summed E-state index contributed by atoms with van der Waals surface area (Å²) < 4.78 is 11.3. The van der Waals surface area contributed by atoms with Gasteiger partial charge >= 0.3 is 0 Å². The number of aryl methyl sites for hydroxylation is 1. The molecule has 128 valence electrons. The van der Waals surface area contributed by atoms with E-state index in [0.717, 1.165) is 58.2 Å². The highest BCUT2D eigenvalue weighted by molar-refractivity contribution is 5.60. The van der Waals surface area contributed by atoms with Crippen LogP contribution in [-0.2, 0) is 11.2 Å². The number of benzene rings is 1. The Balaban J connectivity index is 1.57. The van der Waals surface area contributed by atoms with Gasteiger partial charge in [-0.3, -0.25) is 4.90 Å². The van der Waals surface area contributed by atoms with Crippen LogP contribution < -0.4 is 9.64 Å². The summed E-state index contributed by atoms with van der Waals surface area (Å²) in [6.45, 7) is 10.2. The zero-order chi connectivity index (χ0) is 15.9. The van der Waals surface area contributed by atoms with Crippen LogP contribution in [0.4, 0.5) is 5.69 Å². The number of nitrogens with zero attached hydrogens (tertiary/aromatic N) is 2. The van der Waals surface area contributed by atoms with E-state index in [-0.39, 0.29) is 0 Å². The third kappa shape index (κ3) is 4.61. The standard InChI is InChI=1S/C19H30N2O2/c1-2-23-19-16-17(6-5-9-20-12-14-22-15-13-20)7-8-18(19)21-10-3-4-11-21/h7-8,16H,2-6,9-15H2,1H3. The molecule has 23 heavy (non-hydrogen) atoms. The number of morpholine rings is 1. The van der Waals surface area contributed by atoms with E-state index < -0.39 is 0 Å². The molecule has 0 spiro atoms. The van der Waals surface area contributed by atoms with E-state index in [1.54, 1.807) is 0 Å². The molecule has 3 rings (SSSR count). The maximum absolute atomic E-state index is 5.92. The second kappa shape index (κ2) is 8.55. The van der Waals surface area contributed by atoms with Crippen molar-refractivity contribution in [3.63, 3.8) is 0 Å². The van der Waals surface area contributed by atoms with Crippen LogP contribution in [0.15, 0.2) is 18.2 Å². The molecular formula is C19H30N2O2. The second-order valence-electron chi connectivity index (χ2n) is 6.49. The maximum atomic E-state index is 5.92. The summed E-state index contributed by atoms with van der Waals surface area (Å²) in [4.78, 5) is 4.97. The quantitative estimate of drug-likeness (QED) is 0.772. The van der Waals surface area contributed by atoms with Crippen LogP contribution in [0.2, 0.25) is 0 Å². The molecule has 2 heterocycles. The van der Waals surface area contributed by atoms with Gasteiger partial charge in [0.25, 0.3) is 0 Å². The Morgan fingerprint density at radius 1 is 1.09 bits per heavy atom. The highest BCUT2D eigenvalue weighted by Gasteiger charge is 2.17. The van der Waals surface area contributed by atoms with Gasteiger partial charge in [-0.15, -0.1) is 0 Å². The first-order valence-electron chi connectivity index (χ1n) is 9.17. The van der Waals surface area contributed by atoms with Gasteiger partial charge in [-0.05, 0) is 56.8 Å². The second-order valence-corrected chi connectivity index (χ2v) is 6.49. The smallest absolute Gasteiger partial charge is 0.142 e. The van der Waals surface area contributed by atoms with Gasteiger partial charge in [-0.25, -0.2) is 0 Å². The van der Waals surface area contributed by atoms with Gasteiger partial charge in [0.05, 0.1) is 25.5 Å². The lowest BCUT2D eigenvalue weighted by Crippen LogP contribution is -2.36. The van der Waals surface area contributed by atoms with Crippen LogP contribution in [0.3, 0.4) is 0 Å². The molecule has 0 unspecified atom stereocenters. The van der Waals surface area contributed by atoms with Crippen molar-refractivity contribution in [3.8, 4) is 5.75 Å². The molecule has 0 radical (unpaired) electrons. The summed E-state index contributed by atoms with van der Waals surface area (Å²) in [6.07, 6.45) is 4.92. The Morgan fingerprint density at radius 3 is 2.61 bits per heavy atom. The van der Waals surface area contributed by atoms with Crippen LogP contribution in [0.25, 0.3) is 0 Å². The minimum atomic E-state index is 0.734. The fourth-order valence-corrected chi connectivity index (χ4v) is 3.54. The largest absolute Gasteiger partial charge is 0.492 e. The van der Waals surface area contributed by atoms with Crippen LogP contribution in [0.5, 0.6) is 5.75 Å². The molecule has 0 amide bonds. The first-order valence-corrected chi connectivity index (χ1v) is 9.17. The summed E-state index contributed by atoms with van der Waals surface area (Å²) in [5.41, 5.74) is 2.67. The normalized spacial score (nSPS) is 19.3. The van der Waals surface area contributed by atoms with E-state index in [1.165, 1.54) is 37.1 Å². The Bertz CT molecular complexity index is 480. The molecule has 0 N–H and O–H groups in total. The SMILES string of the molecule is CCOc1cc(CCCN2CCOCC2)ccc1N1CCCC1. The van der Waals surface area contributed by atoms with E-state index in [1.807, 2.05) is 0 Å². The minimum absolute atomic E-state index is 0.734. The van der Waals surface area contributed by atoms with Crippen molar-refractivity contribution >= 4 is 5.69 Å². The summed E-state index contributed by atoms with van der Waals surface area (Å²) >= 11 is 0. The fourth-order valence-electron chi connectivity index (χ4n) is 3.54. The van der Waals surface area contributed by atoms with Crippen molar-refractivity contribution in [1.29, 1.82) is 0 Å². The molecule has 0 bridgehead atoms. The highest BCUT2D eigenvalue weighted by Crippen LogP contribution is 2.32. The zero-order valence-corrected chi connectivity index (χ0v) is 14.4. The van der Waals surface area contributed by atoms with Gasteiger partial charge in [0.1, 0.15) is 5.75 Å². The van der Waals surface area contributed by atoms with E-state index >= 15 is 0 Å². The molecule has 0 aromatic heterocycles. The predicted molar refractivity (Wildman–Crippen MR) is 94.6 cm³/mol. The van der Waals surface area contributed by atoms with Crippen molar-refractivity contribution in [1.82, 2.24) is 4.90 Å². The number of ether oxygens (including phenoxy) is 2. The molecule has 2 saturated heterocycles. The predicted octanol–water partition coefficient (Wildman–Crippen LogP) is 2.95. The minimum Gasteiger partial charge on any atom is -0.492 e.